The number of halogens is 1. The molecule has 0 saturated carbocycles. The van der Waals surface area contributed by atoms with Gasteiger partial charge < -0.3 is 10.2 Å². The summed E-state index contributed by atoms with van der Waals surface area (Å²) in [4.78, 5) is 2.17. The van der Waals surface area contributed by atoms with Crippen molar-refractivity contribution in [3.8, 4) is 0 Å². The van der Waals surface area contributed by atoms with E-state index in [9.17, 15) is 8.42 Å². The van der Waals surface area contributed by atoms with Gasteiger partial charge in [-0.25, -0.2) is 8.42 Å². The highest BCUT2D eigenvalue weighted by Crippen LogP contribution is 2.22. The lowest BCUT2D eigenvalue weighted by Crippen LogP contribution is -2.33. The van der Waals surface area contributed by atoms with Crippen molar-refractivity contribution in [2.24, 2.45) is 0 Å². The van der Waals surface area contributed by atoms with Gasteiger partial charge in [0.25, 0.3) is 0 Å². The van der Waals surface area contributed by atoms with Gasteiger partial charge in [0, 0.05) is 31.7 Å². The van der Waals surface area contributed by atoms with E-state index in [2.05, 4.69) is 5.32 Å². The molecule has 0 aliphatic heterocycles. The van der Waals surface area contributed by atoms with Gasteiger partial charge >= 0.3 is 0 Å². The third kappa shape index (κ3) is 5.23. The number of sulfonamides is 1. The van der Waals surface area contributed by atoms with Crippen LogP contribution in [0.4, 0.5) is 0 Å². The zero-order valence-electron chi connectivity index (χ0n) is 13.1. The molecule has 0 bridgehead atoms. The lowest BCUT2D eigenvalue weighted by Gasteiger charge is -2.20. The third-order valence-electron chi connectivity index (χ3n) is 3.16. The minimum atomic E-state index is -3.49. The summed E-state index contributed by atoms with van der Waals surface area (Å²) in [5.41, 5.74) is 0.897. The molecule has 1 rings (SSSR count). The number of likely N-dealkylation sites (N-methyl/N-ethyl adjacent to an activating group) is 2. The van der Waals surface area contributed by atoms with Gasteiger partial charge in [-0.05, 0) is 38.3 Å². The summed E-state index contributed by atoms with van der Waals surface area (Å²) in [6.07, 6.45) is 0. The van der Waals surface area contributed by atoms with Crippen molar-refractivity contribution < 1.29 is 8.42 Å². The van der Waals surface area contributed by atoms with E-state index < -0.39 is 10.0 Å². The van der Waals surface area contributed by atoms with Crippen molar-refractivity contribution in [2.75, 3.05) is 40.8 Å². The van der Waals surface area contributed by atoms with Crippen molar-refractivity contribution in [1.29, 1.82) is 0 Å². The van der Waals surface area contributed by atoms with Gasteiger partial charge in [0.05, 0.1) is 4.90 Å². The number of hydrogen-bond donors (Lipinski definition) is 1. The molecule has 0 heterocycles. The van der Waals surface area contributed by atoms with Crippen LogP contribution in [0.3, 0.4) is 0 Å². The highest BCUT2D eigenvalue weighted by Gasteiger charge is 2.21. The molecule has 0 aliphatic carbocycles. The van der Waals surface area contributed by atoms with E-state index in [-0.39, 0.29) is 4.90 Å². The lowest BCUT2D eigenvalue weighted by molar-refractivity contribution is 0.358. The molecule has 1 N–H and O–H groups in total. The summed E-state index contributed by atoms with van der Waals surface area (Å²) in [6.45, 7) is 4.58. The van der Waals surface area contributed by atoms with E-state index >= 15 is 0 Å². The molecule has 0 fully saturated rings. The lowest BCUT2D eigenvalue weighted by atomic mass is 10.2. The molecular weight excluding hydrogens is 310 g/mol. The van der Waals surface area contributed by atoms with Crippen LogP contribution >= 0.6 is 11.6 Å². The van der Waals surface area contributed by atoms with E-state index in [0.717, 1.165) is 12.1 Å². The molecule has 0 radical (unpaired) electrons. The summed E-state index contributed by atoms with van der Waals surface area (Å²) in [5, 5.41) is 3.64. The second-order valence-electron chi connectivity index (χ2n) is 5.16. The highest BCUT2D eigenvalue weighted by molar-refractivity contribution is 7.89. The van der Waals surface area contributed by atoms with Crippen molar-refractivity contribution in [1.82, 2.24) is 14.5 Å². The largest absolute Gasteiger partial charge is 0.313 e. The van der Waals surface area contributed by atoms with Gasteiger partial charge in [0.15, 0.2) is 0 Å². The van der Waals surface area contributed by atoms with Gasteiger partial charge in [-0.1, -0.05) is 24.6 Å². The topological polar surface area (TPSA) is 52.7 Å². The van der Waals surface area contributed by atoms with E-state index in [1.807, 2.05) is 25.9 Å². The number of hydrogen-bond acceptors (Lipinski definition) is 4. The molecule has 0 aromatic heterocycles. The van der Waals surface area contributed by atoms with E-state index in [4.69, 9.17) is 11.6 Å². The van der Waals surface area contributed by atoms with Crippen molar-refractivity contribution in [3.05, 3.63) is 28.8 Å². The average Bonchev–Trinajstić information content (AvgIpc) is 2.43. The van der Waals surface area contributed by atoms with Gasteiger partial charge in [0.1, 0.15) is 0 Å². The Balaban J connectivity index is 2.91. The van der Waals surface area contributed by atoms with Crippen LogP contribution in [0.25, 0.3) is 0 Å². The Hall–Kier alpha value is -0.660. The molecule has 0 aliphatic rings. The fourth-order valence-corrected chi connectivity index (χ4v) is 3.23. The molecule has 0 spiro atoms. The predicted octanol–water partition coefficient (Wildman–Crippen LogP) is 1.63. The Kier molecular flexibility index (Phi) is 7.09. The SMILES string of the molecule is CCNCc1ccc(S(=O)(=O)N(C)CCN(C)C)cc1Cl. The Bertz CT molecular complexity index is 561. The van der Waals surface area contributed by atoms with Gasteiger partial charge in [-0.15, -0.1) is 0 Å². The van der Waals surface area contributed by atoms with E-state index in [0.29, 0.717) is 24.7 Å². The molecule has 21 heavy (non-hydrogen) atoms. The Morgan fingerprint density at radius 3 is 2.38 bits per heavy atom. The summed E-state index contributed by atoms with van der Waals surface area (Å²) < 4.78 is 26.3. The third-order valence-corrected chi connectivity index (χ3v) is 5.36. The van der Waals surface area contributed by atoms with Crippen molar-refractivity contribution in [2.45, 2.75) is 18.4 Å². The fraction of sp³-hybridized carbons (Fsp3) is 0.571. The first-order chi connectivity index (χ1) is 9.78. The molecule has 0 atom stereocenters. The quantitative estimate of drug-likeness (QED) is 0.785. The first kappa shape index (κ1) is 18.4. The molecular formula is C14H24ClN3O2S. The minimum absolute atomic E-state index is 0.231. The molecule has 0 unspecified atom stereocenters. The predicted molar refractivity (Wildman–Crippen MR) is 87.2 cm³/mol. The fourth-order valence-electron chi connectivity index (χ4n) is 1.73. The van der Waals surface area contributed by atoms with Crippen LogP contribution < -0.4 is 5.32 Å². The molecule has 7 heteroatoms. The molecule has 1 aromatic carbocycles. The normalized spacial score (nSPS) is 12.3. The molecule has 0 amide bonds. The molecule has 5 nitrogen and oxygen atoms in total. The Morgan fingerprint density at radius 1 is 1.19 bits per heavy atom. The summed E-state index contributed by atoms with van der Waals surface area (Å²) in [5.74, 6) is 0. The number of nitrogens with one attached hydrogen (secondary N) is 1. The van der Waals surface area contributed by atoms with Gasteiger partial charge in [-0.2, -0.15) is 4.31 Å². The van der Waals surface area contributed by atoms with E-state index in [1.54, 1.807) is 19.2 Å². The highest BCUT2D eigenvalue weighted by atomic mass is 35.5. The smallest absolute Gasteiger partial charge is 0.242 e. The molecule has 1 aromatic rings. The van der Waals surface area contributed by atoms with Gasteiger partial charge in [-0.3, -0.25) is 0 Å². The Morgan fingerprint density at radius 2 is 1.86 bits per heavy atom. The summed E-state index contributed by atoms with van der Waals surface area (Å²) in [7, 11) is 1.91. The first-order valence-electron chi connectivity index (χ1n) is 6.89. The summed E-state index contributed by atoms with van der Waals surface area (Å²) >= 11 is 6.17. The van der Waals surface area contributed by atoms with Crippen LogP contribution in [0.2, 0.25) is 5.02 Å². The van der Waals surface area contributed by atoms with Crippen molar-refractivity contribution in [3.63, 3.8) is 0 Å². The second-order valence-corrected chi connectivity index (χ2v) is 7.62. The monoisotopic (exact) mass is 333 g/mol. The van der Waals surface area contributed by atoms with Crippen LogP contribution in [0.5, 0.6) is 0 Å². The zero-order valence-corrected chi connectivity index (χ0v) is 14.6. The first-order valence-corrected chi connectivity index (χ1v) is 8.71. The van der Waals surface area contributed by atoms with Crippen LogP contribution in [0, 0.1) is 0 Å². The van der Waals surface area contributed by atoms with Crippen molar-refractivity contribution >= 4 is 21.6 Å². The maximum absolute atomic E-state index is 12.5. The number of rotatable bonds is 8. The van der Waals surface area contributed by atoms with Crippen LogP contribution in [-0.2, 0) is 16.6 Å². The van der Waals surface area contributed by atoms with Crippen LogP contribution in [-0.4, -0.2) is 58.4 Å². The average molecular weight is 334 g/mol. The number of benzene rings is 1. The minimum Gasteiger partial charge on any atom is -0.313 e. The summed E-state index contributed by atoms with van der Waals surface area (Å²) in [6, 6.07) is 4.90. The Labute approximate surface area is 132 Å². The zero-order chi connectivity index (χ0) is 16.0. The molecule has 120 valence electrons. The van der Waals surface area contributed by atoms with Crippen LogP contribution in [0.1, 0.15) is 12.5 Å². The van der Waals surface area contributed by atoms with Crippen LogP contribution in [0.15, 0.2) is 23.1 Å². The number of nitrogens with zero attached hydrogens (tertiary/aromatic N) is 2. The maximum Gasteiger partial charge on any atom is 0.242 e. The standard InChI is InChI=1S/C14H24ClN3O2S/c1-5-16-11-12-6-7-13(10-14(12)15)21(19,20)18(4)9-8-17(2)3/h6-7,10,16H,5,8-9,11H2,1-4H3. The van der Waals surface area contributed by atoms with E-state index in [1.165, 1.54) is 10.4 Å². The van der Waals surface area contributed by atoms with Gasteiger partial charge in [0.2, 0.25) is 10.0 Å². The second kappa shape index (κ2) is 8.10. The maximum atomic E-state index is 12.5. The molecule has 0 saturated heterocycles.